The number of rotatable bonds is 9. The van der Waals surface area contributed by atoms with E-state index in [0.29, 0.717) is 40.7 Å². The SMILES string of the molecule is CCOc1cc(C=C2C(=O)N(c3ccccc3)C(=O)N(c3ccccc3)C2=O)ccc1OCC(=O)Nc1cccc(C)c1C. The van der Waals surface area contributed by atoms with Crippen LogP contribution in [0.4, 0.5) is 21.9 Å². The van der Waals surface area contributed by atoms with Crippen LogP contribution in [0.2, 0.25) is 0 Å². The molecule has 1 fully saturated rings. The van der Waals surface area contributed by atoms with Gasteiger partial charge in [-0.1, -0.05) is 54.6 Å². The number of anilines is 3. The molecule has 1 aliphatic rings. The summed E-state index contributed by atoms with van der Waals surface area (Å²) in [5.41, 5.74) is 3.66. The molecule has 0 bridgehead atoms. The number of urea groups is 1. The van der Waals surface area contributed by atoms with E-state index in [4.69, 9.17) is 9.47 Å². The topological polar surface area (TPSA) is 105 Å². The maximum absolute atomic E-state index is 13.7. The van der Waals surface area contributed by atoms with Crippen molar-refractivity contribution in [1.82, 2.24) is 0 Å². The summed E-state index contributed by atoms with van der Waals surface area (Å²) in [6.45, 7) is 5.75. The zero-order valence-electron chi connectivity index (χ0n) is 24.6. The van der Waals surface area contributed by atoms with Crippen molar-refractivity contribution < 1.29 is 28.7 Å². The molecule has 1 N–H and O–H groups in total. The number of ether oxygens (including phenoxy) is 2. The second-order valence-corrected chi connectivity index (χ2v) is 10.0. The lowest BCUT2D eigenvalue weighted by Gasteiger charge is -2.33. The van der Waals surface area contributed by atoms with Gasteiger partial charge in [0, 0.05) is 5.69 Å². The minimum absolute atomic E-state index is 0.207. The highest BCUT2D eigenvalue weighted by Crippen LogP contribution is 2.32. The summed E-state index contributed by atoms with van der Waals surface area (Å²) in [7, 11) is 0. The molecule has 9 heteroatoms. The molecular formula is C35H31N3O6. The lowest BCUT2D eigenvalue weighted by atomic mass is 10.0. The predicted molar refractivity (Wildman–Crippen MR) is 169 cm³/mol. The highest BCUT2D eigenvalue weighted by molar-refractivity contribution is 6.46. The summed E-state index contributed by atoms with van der Waals surface area (Å²) in [5, 5.41) is 2.86. The third-order valence-electron chi connectivity index (χ3n) is 7.09. The molecule has 5 amide bonds. The predicted octanol–water partition coefficient (Wildman–Crippen LogP) is 6.30. The molecule has 44 heavy (non-hydrogen) atoms. The summed E-state index contributed by atoms with van der Waals surface area (Å²) in [5.74, 6) is -1.19. The molecule has 0 aromatic heterocycles. The number of hydrogen-bond donors (Lipinski definition) is 1. The Morgan fingerprint density at radius 2 is 1.36 bits per heavy atom. The number of carbonyl (C=O) groups is 4. The van der Waals surface area contributed by atoms with Crippen LogP contribution in [-0.4, -0.2) is 37.0 Å². The van der Waals surface area contributed by atoms with Crippen molar-refractivity contribution in [2.45, 2.75) is 20.8 Å². The number of carbonyl (C=O) groups excluding carboxylic acids is 4. The van der Waals surface area contributed by atoms with Crippen molar-refractivity contribution >= 4 is 46.9 Å². The van der Waals surface area contributed by atoms with Crippen LogP contribution >= 0.6 is 0 Å². The van der Waals surface area contributed by atoms with E-state index >= 15 is 0 Å². The van der Waals surface area contributed by atoms with Crippen LogP contribution in [0.25, 0.3) is 6.08 Å². The summed E-state index contributed by atoms with van der Waals surface area (Å²) in [4.78, 5) is 55.5. The van der Waals surface area contributed by atoms with E-state index in [1.54, 1.807) is 85.8 Å². The monoisotopic (exact) mass is 589 g/mol. The molecule has 4 aromatic rings. The van der Waals surface area contributed by atoms with E-state index in [0.717, 1.165) is 20.9 Å². The molecule has 1 aliphatic heterocycles. The van der Waals surface area contributed by atoms with Gasteiger partial charge in [0.15, 0.2) is 18.1 Å². The van der Waals surface area contributed by atoms with E-state index < -0.39 is 17.8 Å². The Hall–Kier alpha value is -5.70. The fraction of sp³-hybridized carbons (Fsp3) is 0.143. The fourth-order valence-corrected chi connectivity index (χ4v) is 4.72. The Morgan fingerprint density at radius 1 is 0.750 bits per heavy atom. The largest absolute Gasteiger partial charge is 0.490 e. The molecule has 0 atom stereocenters. The van der Waals surface area contributed by atoms with Gasteiger partial charge in [-0.25, -0.2) is 14.6 Å². The second-order valence-electron chi connectivity index (χ2n) is 10.0. The number of para-hydroxylation sites is 2. The van der Waals surface area contributed by atoms with E-state index in [-0.39, 0.29) is 18.1 Å². The molecule has 0 spiro atoms. The number of hydrogen-bond acceptors (Lipinski definition) is 6. The lowest BCUT2D eigenvalue weighted by molar-refractivity contribution is -0.121. The standard InChI is InChI=1S/C35H31N3O6/c1-4-43-31-21-25(18-19-30(31)44-22-32(39)36-29-17-11-12-23(2)24(29)3)20-28-33(40)37(26-13-7-5-8-14-26)35(42)38(34(28)41)27-15-9-6-10-16-27/h5-21H,4,22H2,1-3H3,(H,36,39). The van der Waals surface area contributed by atoms with Gasteiger partial charge in [-0.3, -0.25) is 14.4 Å². The molecular weight excluding hydrogens is 558 g/mol. The maximum Gasteiger partial charge on any atom is 0.343 e. The first-order valence-corrected chi connectivity index (χ1v) is 14.1. The Kier molecular flexibility index (Phi) is 8.85. The van der Waals surface area contributed by atoms with Crippen LogP contribution in [0.3, 0.4) is 0 Å². The Balaban J connectivity index is 1.44. The minimum atomic E-state index is -0.771. The average Bonchev–Trinajstić information content (AvgIpc) is 3.02. The third-order valence-corrected chi connectivity index (χ3v) is 7.09. The Morgan fingerprint density at radius 3 is 1.95 bits per heavy atom. The highest BCUT2D eigenvalue weighted by Gasteiger charge is 2.43. The van der Waals surface area contributed by atoms with Gasteiger partial charge in [0.1, 0.15) is 5.57 Å². The summed E-state index contributed by atoms with van der Waals surface area (Å²) >= 11 is 0. The first-order valence-electron chi connectivity index (χ1n) is 14.1. The molecule has 0 radical (unpaired) electrons. The van der Waals surface area contributed by atoms with Gasteiger partial charge < -0.3 is 14.8 Å². The second kappa shape index (κ2) is 13.1. The Labute approximate surface area is 255 Å². The smallest absolute Gasteiger partial charge is 0.343 e. The molecule has 0 aliphatic carbocycles. The van der Waals surface area contributed by atoms with Gasteiger partial charge in [0.05, 0.1) is 18.0 Å². The van der Waals surface area contributed by atoms with Gasteiger partial charge in [0.25, 0.3) is 17.7 Å². The van der Waals surface area contributed by atoms with Crippen LogP contribution in [0.1, 0.15) is 23.6 Å². The quantitative estimate of drug-likeness (QED) is 0.181. The van der Waals surface area contributed by atoms with E-state index in [1.165, 1.54) is 6.08 Å². The number of nitrogens with one attached hydrogen (secondary N) is 1. The van der Waals surface area contributed by atoms with E-state index in [1.807, 2.05) is 32.0 Å². The zero-order chi connectivity index (χ0) is 31.2. The maximum atomic E-state index is 13.7. The van der Waals surface area contributed by atoms with Crippen molar-refractivity contribution in [2.24, 2.45) is 0 Å². The lowest BCUT2D eigenvalue weighted by Crippen LogP contribution is -2.57. The van der Waals surface area contributed by atoms with Gasteiger partial charge in [-0.15, -0.1) is 0 Å². The van der Waals surface area contributed by atoms with E-state index in [9.17, 15) is 19.2 Å². The molecule has 4 aromatic carbocycles. The number of nitrogens with zero attached hydrogens (tertiary/aromatic N) is 2. The average molecular weight is 590 g/mol. The summed E-state index contributed by atoms with van der Waals surface area (Å²) < 4.78 is 11.6. The van der Waals surface area contributed by atoms with Gasteiger partial charge in [0.2, 0.25) is 0 Å². The van der Waals surface area contributed by atoms with Gasteiger partial charge in [-0.2, -0.15) is 0 Å². The summed E-state index contributed by atoms with van der Waals surface area (Å²) in [6, 6.07) is 26.6. The molecule has 0 saturated carbocycles. The fourth-order valence-electron chi connectivity index (χ4n) is 4.72. The van der Waals surface area contributed by atoms with Crippen LogP contribution in [0.5, 0.6) is 11.5 Å². The van der Waals surface area contributed by atoms with Crippen molar-refractivity contribution in [3.8, 4) is 11.5 Å². The number of benzene rings is 4. The van der Waals surface area contributed by atoms with E-state index in [2.05, 4.69) is 5.32 Å². The van der Waals surface area contributed by atoms with Crippen molar-refractivity contribution in [1.29, 1.82) is 0 Å². The van der Waals surface area contributed by atoms with Crippen molar-refractivity contribution in [3.63, 3.8) is 0 Å². The zero-order valence-corrected chi connectivity index (χ0v) is 24.6. The highest BCUT2D eigenvalue weighted by atomic mass is 16.5. The van der Waals surface area contributed by atoms with Gasteiger partial charge in [-0.05, 0) is 86.0 Å². The number of amides is 5. The van der Waals surface area contributed by atoms with Gasteiger partial charge >= 0.3 is 6.03 Å². The summed E-state index contributed by atoms with van der Waals surface area (Å²) in [6.07, 6.45) is 1.42. The first kappa shape index (κ1) is 29.8. The third kappa shape index (κ3) is 6.22. The van der Waals surface area contributed by atoms with Crippen LogP contribution < -0.4 is 24.6 Å². The number of imide groups is 2. The molecule has 1 saturated heterocycles. The van der Waals surface area contributed by atoms with Crippen LogP contribution in [0.15, 0.2) is 103 Å². The Bertz CT molecular complexity index is 1690. The first-order chi connectivity index (χ1) is 21.3. The van der Waals surface area contributed by atoms with Crippen LogP contribution in [0, 0.1) is 13.8 Å². The van der Waals surface area contributed by atoms with Crippen molar-refractivity contribution in [2.75, 3.05) is 28.3 Å². The number of barbiturate groups is 1. The molecule has 0 unspecified atom stereocenters. The molecule has 5 rings (SSSR count). The number of aryl methyl sites for hydroxylation is 1. The molecule has 222 valence electrons. The molecule has 9 nitrogen and oxygen atoms in total. The molecule has 1 heterocycles. The van der Waals surface area contributed by atoms with Crippen molar-refractivity contribution in [3.05, 3.63) is 119 Å². The van der Waals surface area contributed by atoms with Crippen LogP contribution in [-0.2, 0) is 14.4 Å². The normalized spacial score (nSPS) is 13.2. The minimum Gasteiger partial charge on any atom is -0.490 e.